The number of nitrogens with one attached hydrogen (secondary N) is 2. The van der Waals surface area contributed by atoms with Gasteiger partial charge in [-0.25, -0.2) is 4.98 Å². The van der Waals surface area contributed by atoms with Crippen LogP contribution >= 0.6 is 0 Å². The van der Waals surface area contributed by atoms with E-state index in [4.69, 9.17) is 5.73 Å². The molecule has 0 radical (unpaired) electrons. The summed E-state index contributed by atoms with van der Waals surface area (Å²) in [6, 6.07) is 14.2. The molecule has 1 aromatic carbocycles. The van der Waals surface area contributed by atoms with Gasteiger partial charge in [0.15, 0.2) is 5.82 Å². The lowest BCUT2D eigenvalue weighted by Gasteiger charge is -2.03. The first kappa shape index (κ1) is 13.7. The highest BCUT2D eigenvalue weighted by molar-refractivity contribution is 5.99. The van der Waals surface area contributed by atoms with Crippen molar-refractivity contribution >= 4 is 27.8 Å². The van der Waals surface area contributed by atoms with Crippen molar-refractivity contribution in [2.24, 2.45) is 0 Å². The molecule has 0 amide bonds. The molecule has 0 aliphatic heterocycles. The van der Waals surface area contributed by atoms with Crippen LogP contribution in [0.1, 0.15) is 0 Å². The number of nitrogens with zero attached hydrogens (tertiary/aromatic N) is 3. The predicted molar refractivity (Wildman–Crippen MR) is 98.8 cm³/mol. The van der Waals surface area contributed by atoms with Crippen LogP contribution in [0.2, 0.25) is 0 Å². The van der Waals surface area contributed by atoms with Crippen LogP contribution in [0.25, 0.3) is 44.3 Å². The van der Waals surface area contributed by atoms with Gasteiger partial charge in [-0.15, -0.1) is 0 Å². The van der Waals surface area contributed by atoms with Crippen LogP contribution in [0.4, 0.5) is 5.82 Å². The molecule has 0 saturated carbocycles. The van der Waals surface area contributed by atoms with E-state index in [2.05, 4.69) is 43.3 Å². The molecule has 0 unspecified atom stereocenters. The summed E-state index contributed by atoms with van der Waals surface area (Å²) < 4.78 is 0. The summed E-state index contributed by atoms with van der Waals surface area (Å²) >= 11 is 0. The van der Waals surface area contributed by atoms with Gasteiger partial charge in [0.05, 0.1) is 5.52 Å². The molecular formula is C19H14N6. The van der Waals surface area contributed by atoms with Crippen LogP contribution in [-0.2, 0) is 0 Å². The first-order valence-electron chi connectivity index (χ1n) is 7.92. The summed E-state index contributed by atoms with van der Waals surface area (Å²) in [6.45, 7) is 0. The smallest absolute Gasteiger partial charge is 0.153 e. The maximum atomic E-state index is 5.95. The second-order valence-electron chi connectivity index (χ2n) is 5.91. The van der Waals surface area contributed by atoms with Gasteiger partial charge >= 0.3 is 0 Å². The average Bonchev–Trinajstić information content (AvgIpc) is 3.26. The van der Waals surface area contributed by atoms with Crippen LogP contribution in [-0.4, -0.2) is 25.1 Å². The Morgan fingerprint density at radius 1 is 0.840 bits per heavy atom. The summed E-state index contributed by atoms with van der Waals surface area (Å²) in [7, 11) is 0. The summed E-state index contributed by atoms with van der Waals surface area (Å²) in [4.78, 5) is 11.9. The third kappa shape index (κ3) is 2.15. The monoisotopic (exact) mass is 326 g/mol. The van der Waals surface area contributed by atoms with Crippen molar-refractivity contribution in [1.82, 2.24) is 25.1 Å². The zero-order chi connectivity index (χ0) is 16.8. The van der Waals surface area contributed by atoms with Crippen LogP contribution < -0.4 is 5.73 Å². The molecule has 0 fully saturated rings. The van der Waals surface area contributed by atoms with Crippen molar-refractivity contribution in [3.63, 3.8) is 0 Å². The lowest BCUT2D eigenvalue weighted by atomic mass is 10.0. The molecule has 4 N–H and O–H groups in total. The molecular weight excluding hydrogens is 312 g/mol. The number of nitrogens with two attached hydrogens (primary N) is 1. The molecule has 0 saturated heterocycles. The molecule has 0 bridgehead atoms. The number of aromatic amines is 2. The van der Waals surface area contributed by atoms with Crippen LogP contribution in [0, 0.1) is 0 Å². The van der Waals surface area contributed by atoms with Crippen molar-refractivity contribution in [2.45, 2.75) is 0 Å². The minimum absolute atomic E-state index is 0.508. The van der Waals surface area contributed by atoms with Gasteiger partial charge in [0.1, 0.15) is 5.65 Å². The highest BCUT2D eigenvalue weighted by Crippen LogP contribution is 2.33. The van der Waals surface area contributed by atoms with Crippen molar-refractivity contribution < 1.29 is 0 Å². The topological polar surface area (TPSA) is 96.3 Å². The van der Waals surface area contributed by atoms with Crippen molar-refractivity contribution in [3.8, 4) is 22.4 Å². The minimum Gasteiger partial charge on any atom is -0.382 e. The second kappa shape index (κ2) is 5.17. The summed E-state index contributed by atoms with van der Waals surface area (Å²) in [5, 5.41) is 8.98. The van der Waals surface area contributed by atoms with E-state index in [0.717, 1.165) is 44.3 Å². The fourth-order valence-electron chi connectivity index (χ4n) is 3.17. The van der Waals surface area contributed by atoms with Gasteiger partial charge in [0.2, 0.25) is 0 Å². The van der Waals surface area contributed by atoms with E-state index < -0.39 is 0 Å². The number of rotatable bonds is 2. The molecule has 0 aliphatic carbocycles. The lowest BCUT2D eigenvalue weighted by Crippen LogP contribution is -1.85. The molecule has 0 spiro atoms. The molecule has 6 heteroatoms. The molecule has 0 atom stereocenters. The summed E-state index contributed by atoms with van der Waals surface area (Å²) in [5.41, 5.74) is 12.0. The van der Waals surface area contributed by atoms with Crippen molar-refractivity contribution in [3.05, 3.63) is 61.1 Å². The van der Waals surface area contributed by atoms with E-state index in [1.54, 1.807) is 12.4 Å². The first-order chi connectivity index (χ1) is 12.3. The van der Waals surface area contributed by atoms with Gasteiger partial charge < -0.3 is 10.7 Å². The maximum Gasteiger partial charge on any atom is 0.153 e. The number of aromatic nitrogens is 5. The molecule has 0 aliphatic rings. The third-order valence-electron chi connectivity index (χ3n) is 4.43. The largest absolute Gasteiger partial charge is 0.382 e. The van der Waals surface area contributed by atoms with Gasteiger partial charge in [-0.05, 0) is 47.5 Å². The number of hydrogen-bond acceptors (Lipinski definition) is 4. The molecule has 25 heavy (non-hydrogen) atoms. The molecule has 120 valence electrons. The molecule has 6 nitrogen and oxygen atoms in total. The summed E-state index contributed by atoms with van der Waals surface area (Å²) in [6.07, 6.45) is 5.38. The number of fused-ring (bicyclic) bond motifs is 2. The third-order valence-corrected chi connectivity index (χ3v) is 4.43. The second-order valence-corrected chi connectivity index (χ2v) is 5.91. The molecule has 4 heterocycles. The molecule has 5 aromatic rings. The fourth-order valence-corrected chi connectivity index (χ4v) is 3.17. The van der Waals surface area contributed by atoms with E-state index in [1.165, 1.54) is 0 Å². The van der Waals surface area contributed by atoms with E-state index in [9.17, 15) is 0 Å². The minimum atomic E-state index is 0.508. The number of anilines is 1. The van der Waals surface area contributed by atoms with Gasteiger partial charge in [-0.3, -0.25) is 10.1 Å². The SMILES string of the molecule is Nc1n[nH]c2ccc(-c3ccnc4[nH]c(-c5ccncc5)cc34)cc12. The average molecular weight is 326 g/mol. The Kier molecular flexibility index (Phi) is 2.84. The Bertz CT molecular complexity index is 1200. The Balaban J connectivity index is 1.72. The zero-order valence-corrected chi connectivity index (χ0v) is 13.2. The Labute approximate surface area is 142 Å². The number of H-pyrrole nitrogens is 2. The highest BCUT2D eigenvalue weighted by Gasteiger charge is 2.11. The van der Waals surface area contributed by atoms with Gasteiger partial charge in [-0.1, -0.05) is 6.07 Å². The van der Waals surface area contributed by atoms with Gasteiger partial charge in [0.25, 0.3) is 0 Å². The Hall–Kier alpha value is -3.67. The lowest BCUT2D eigenvalue weighted by molar-refractivity contribution is 1.13. The van der Waals surface area contributed by atoms with E-state index in [-0.39, 0.29) is 0 Å². The van der Waals surface area contributed by atoms with E-state index in [0.29, 0.717) is 5.82 Å². The van der Waals surface area contributed by atoms with E-state index in [1.807, 2.05) is 30.5 Å². The standard InChI is InChI=1S/C19H14N6/c20-18-15-9-12(1-2-16(15)24-25-18)13-5-8-22-19-14(13)10-17(23-19)11-3-6-21-7-4-11/h1-10H,(H,22,23)(H3,20,24,25). The van der Waals surface area contributed by atoms with Crippen LogP contribution in [0.15, 0.2) is 61.1 Å². The highest BCUT2D eigenvalue weighted by atomic mass is 15.1. The van der Waals surface area contributed by atoms with Crippen molar-refractivity contribution in [1.29, 1.82) is 0 Å². The number of nitrogen functional groups attached to an aromatic ring is 1. The first-order valence-corrected chi connectivity index (χ1v) is 7.92. The number of hydrogen-bond donors (Lipinski definition) is 3. The Morgan fingerprint density at radius 2 is 1.72 bits per heavy atom. The van der Waals surface area contributed by atoms with Gasteiger partial charge in [-0.2, -0.15) is 5.10 Å². The predicted octanol–water partition coefficient (Wildman–Crippen LogP) is 3.75. The van der Waals surface area contributed by atoms with Crippen LogP contribution in [0.3, 0.4) is 0 Å². The maximum absolute atomic E-state index is 5.95. The Morgan fingerprint density at radius 3 is 2.60 bits per heavy atom. The van der Waals surface area contributed by atoms with Crippen LogP contribution in [0.5, 0.6) is 0 Å². The van der Waals surface area contributed by atoms with Gasteiger partial charge in [0, 0.05) is 40.6 Å². The van der Waals surface area contributed by atoms with Crippen molar-refractivity contribution in [2.75, 3.05) is 5.73 Å². The zero-order valence-electron chi connectivity index (χ0n) is 13.2. The summed E-state index contributed by atoms with van der Waals surface area (Å²) in [5.74, 6) is 0.508. The quantitative estimate of drug-likeness (QED) is 0.460. The molecule has 4 aromatic heterocycles. The normalized spacial score (nSPS) is 11.4. The number of benzene rings is 1. The molecule has 5 rings (SSSR count). The van der Waals surface area contributed by atoms with E-state index >= 15 is 0 Å². The number of pyridine rings is 2. The fraction of sp³-hybridized carbons (Fsp3) is 0.